The van der Waals surface area contributed by atoms with Gasteiger partial charge >= 0.3 is 0 Å². The van der Waals surface area contributed by atoms with Gasteiger partial charge in [-0.05, 0) is 54.6 Å². The number of nitrogens with zero attached hydrogens (tertiary/aromatic N) is 1. The first-order chi connectivity index (χ1) is 6.11. The number of benzene rings is 1. The summed E-state index contributed by atoms with van der Waals surface area (Å²) in [7, 11) is 0. The highest BCUT2D eigenvalue weighted by Gasteiger charge is 2.09. The first-order valence-electron chi connectivity index (χ1n) is 4.54. The molecule has 0 N–H and O–H groups in total. The van der Waals surface area contributed by atoms with Gasteiger partial charge in [-0.25, -0.2) is 0 Å². The van der Waals surface area contributed by atoms with E-state index in [0.717, 1.165) is 23.1 Å². The van der Waals surface area contributed by atoms with Crippen LogP contribution >= 0.6 is 0 Å². The van der Waals surface area contributed by atoms with Crippen molar-refractivity contribution in [1.29, 1.82) is 0 Å². The molecule has 13 heavy (non-hydrogen) atoms. The normalized spacial score (nSPS) is 10.2. The largest absolute Gasteiger partial charge is 0.145 e. The van der Waals surface area contributed by atoms with Crippen molar-refractivity contribution >= 4 is 5.69 Å². The lowest BCUT2D eigenvalue weighted by Crippen LogP contribution is -1.92. The van der Waals surface area contributed by atoms with Crippen molar-refractivity contribution in [3.05, 3.63) is 33.2 Å². The van der Waals surface area contributed by atoms with Crippen molar-refractivity contribution in [2.45, 2.75) is 34.1 Å². The molecule has 0 aliphatic carbocycles. The summed E-state index contributed by atoms with van der Waals surface area (Å²) in [6.07, 6.45) is 0.954. The summed E-state index contributed by atoms with van der Waals surface area (Å²) in [5, 5.41) is 3.09. The van der Waals surface area contributed by atoms with E-state index in [9.17, 15) is 4.91 Å². The highest BCUT2D eigenvalue weighted by molar-refractivity contribution is 5.58. The van der Waals surface area contributed by atoms with Gasteiger partial charge in [0.05, 0.1) is 0 Å². The van der Waals surface area contributed by atoms with Crippen molar-refractivity contribution in [2.24, 2.45) is 5.18 Å². The van der Waals surface area contributed by atoms with Crippen LogP contribution in [0.5, 0.6) is 0 Å². The Kier molecular flexibility index (Phi) is 2.81. The Hall–Kier alpha value is -1.18. The Morgan fingerprint density at radius 1 is 1.23 bits per heavy atom. The van der Waals surface area contributed by atoms with Crippen molar-refractivity contribution in [1.82, 2.24) is 0 Å². The second-order valence-electron chi connectivity index (χ2n) is 3.40. The summed E-state index contributed by atoms with van der Waals surface area (Å²) in [4.78, 5) is 10.6. The monoisotopic (exact) mass is 177 g/mol. The molecule has 2 heteroatoms. The van der Waals surface area contributed by atoms with Gasteiger partial charge in [0.25, 0.3) is 0 Å². The molecule has 0 aliphatic rings. The first-order valence-corrected chi connectivity index (χ1v) is 4.54. The van der Waals surface area contributed by atoms with Crippen molar-refractivity contribution in [3.63, 3.8) is 0 Å². The molecule has 70 valence electrons. The molecule has 0 heterocycles. The van der Waals surface area contributed by atoms with Crippen LogP contribution in [0, 0.1) is 25.7 Å². The summed E-state index contributed by atoms with van der Waals surface area (Å²) >= 11 is 0. The molecule has 0 atom stereocenters. The van der Waals surface area contributed by atoms with Gasteiger partial charge in [0, 0.05) is 0 Å². The van der Waals surface area contributed by atoms with Crippen LogP contribution in [0.1, 0.15) is 29.2 Å². The van der Waals surface area contributed by atoms with Gasteiger partial charge in [-0.15, -0.1) is 4.91 Å². The van der Waals surface area contributed by atoms with E-state index in [1.165, 1.54) is 5.56 Å². The van der Waals surface area contributed by atoms with E-state index in [2.05, 4.69) is 18.2 Å². The highest BCUT2D eigenvalue weighted by atomic mass is 16.3. The fraction of sp³-hybridized carbons (Fsp3) is 0.455. The van der Waals surface area contributed by atoms with Gasteiger partial charge in [-0.2, -0.15) is 0 Å². The van der Waals surface area contributed by atoms with Crippen molar-refractivity contribution < 1.29 is 0 Å². The van der Waals surface area contributed by atoms with Crippen LogP contribution in [0.15, 0.2) is 11.2 Å². The quantitative estimate of drug-likeness (QED) is 0.635. The average Bonchev–Trinajstić information content (AvgIpc) is 2.12. The number of nitroso groups, excluding NO2 is 1. The van der Waals surface area contributed by atoms with E-state index in [1.807, 2.05) is 20.8 Å². The molecular formula is C11H15NO. The maximum atomic E-state index is 10.6. The molecule has 0 unspecified atom stereocenters. The molecule has 0 amide bonds. The highest BCUT2D eigenvalue weighted by Crippen LogP contribution is 2.29. The summed E-state index contributed by atoms with van der Waals surface area (Å²) in [6.45, 7) is 8.01. The van der Waals surface area contributed by atoms with Crippen LogP contribution < -0.4 is 0 Å². The van der Waals surface area contributed by atoms with Gasteiger partial charge < -0.3 is 0 Å². The lowest BCUT2D eigenvalue weighted by molar-refractivity contribution is 1.09. The molecule has 0 saturated heterocycles. The summed E-state index contributed by atoms with van der Waals surface area (Å²) in [6, 6.07) is 2.14. The van der Waals surface area contributed by atoms with E-state index in [1.54, 1.807) is 0 Å². The fourth-order valence-electron chi connectivity index (χ4n) is 1.60. The minimum Gasteiger partial charge on any atom is -0.145 e. The molecule has 1 aromatic rings. The Balaban J connectivity index is 3.47. The van der Waals surface area contributed by atoms with Gasteiger partial charge in [0.1, 0.15) is 5.69 Å². The van der Waals surface area contributed by atoms with E-state index < -0.39 is 0 Å². The zero-order chi connectivity index (χ0) is 10.0. The molecule has 0 fully saturated rings. The second kappa shape index (κ2) is 3.69. The molecule has 0 bridgehead atoms. The molecule has 0 aromatic heterocycles. The summed E-state index contributed by atoms with van der Waals surface area (Å²) in [5.74, 6) is 0. The second-order valence-corrected chi connectivity index (χ2v) is 3.40. The molecule has 0 radical (unpaired) electrons. The van der Waals surface area contributed by atoms with Gasteiger partial charge in [0.15, 0.2) is 0 Å². The number of hydrogen-bond donors (Lipinski definition) is 0. The first kappa shape index (κ1) is 9.90. The summed E-state index contributed by atoms with van der Waals surface area (Å²) in [5.41, 5.74) is 5.02. The lowest BCUT2D eigenvalue weighted by Gasteiger charge is -2.10. The molecule has 0 spiro atoms. The SMILES string of the molecule is CCc1cc(C)c(C)c(N=O)c1C. The smallest absolute Gasteiger partial charge is 0.114 e. The van der Waals surface area contributed by atoms with Crippen LogP contribution in [-0.4, -0.2) is 0 Å². The van der Waals surface area contributed by atoms with E-state index >= 15 is 0 Å². The predicted molar refractivity (Wildman–Crippen MR) is 55.5 cm³/mol. The Labute approximate surface area is 79.0 Å². The third kappa shape index (κ3) is 1.62. The standard InChI is InChI=1S/C11H15NO/c1-5-10-6-7(2)8(3)11(12-13)9(10)4/h6H,5H2,1-4H3. The lowest BCUT2D eigenvalue weighted by atomic mass is 9.97. The molecule has 1 rings (SSSR count). The topological polar surface area (TPSA) is 29.4 Å². The van der Waals surface area contributed by atoms with Crippen molar-refractivity contribution in [2.75, 3.05) is 0 Å². The van der Waals surface area contributed by atoms with Gasteiger partial charge in [-0.1, -0.05) is 13.0 Å². The van der Waals surface area contributed by atoms with E-state index in [0.29, 0.717) is 5.69 Å². The van der Waals surface area contributed by atoms with Crippen molar-refractivity contribution in [3.8, 4) is 0 Å². The Bertz CT molecular complexity index is 342. The van der Waals surface area contributed by atoms with Crippen LogP contribution in [0.25, 0.3) is 0 Å². The third-order valence-electron chi connectivity index (χ3n) is 2.65. The van der Waals surface area contributed by atoms with Crippen LogP contribution in [0.2, 0.25) is 0 Å². The minimum absolute atomic E-state index is 0.622. The third-order valence-corrected chi connectivity index (χ3v) is 2.65. The maximum absolute atomic E-state index is 10.6. The van der Waals surface area contributed by atoms with E-state index in [4.69, 9.17) is 0 Å². The van der Waals surface area contributed by atoms with Crippen LogP contribution in [0.4, 0.5) is 5.69 Å². The maximum Gasteiger partial charge on any atom is 0.114 e. The predicted octanol–water partition coefficient (Wildman–Crippen LogP) is 3.57. The number of rotatable bonds is 2. The molecule has 0 saturated carbocycles. The Morgan fingerprint density at radius 3 is 2.31 bits per heavy atom. The molecular weight excluding hydrogens is 162 g/mol. The number of aryl methyl sites for hydroxylation is 2. The zero-order valence-electron chi connectivity index (χ0n) is 8.64. The van der Waals surface area contributed by atoms with Gasteiger partial charge in [-0.3, -0.25) is 0 Å². The fourth-order valence-corrected chi connectivity index (χ4v) is 1.60. The van der Waals surface area contributed by atoms with Crippen LogP contribution in [0.3, 0.4) is 0 Å². The summed E-state index contributed by atoms with van der Waals surface area (Å²) < 4.78 is 0. The molecule has 1 aromatic carbocycles. The average molecular weight is 177 g/mol. The Morgan fingerprint density at radius 2 is 1.85 bits per heavy atom. The van der Waals surface area contributed by atoms with Gasteiger partial charge in [0.2, 0.25) is 0 Å². The van der Waals surface area contributed by atoms with E-state index in [-0.39, 0.29) is 0 Å². The van der Waals surface area contributed by atoms with Crippen LogP contribution in [-0.2, 0) is 6.42 Å². The minimum atomic E-state index is 0.622. The molecule has 2 nitrogen and oxygen atoms in total. The number of hydrogen-bond acceptors (Lipinski definition) is 2. The zero-order valence-corrected chi connectivity index (χ0v) is 8.64. The molecule has 0 aliphatic heterocycles.